The minimum Gasteiger partial charge on any atom is -0.490 e. The van der Waals surface area contributed by atoms with Crippen molar-refractivity contribution in [1.82, 2.24) is 20.3 Å². The second-order valence-corrected chi connectivity index (χ2v) is 5.75. The van der Waals surface area contributed by atoms with E-state index in [1.807, 2.05) is 42.5 Å². The van der Waals surface area contributed by atoms with Crippen LogP contribution in [0.25, 0.3) is 22.5 Å². The van der Waals surface area contributed by atoms with Gasteiger partial charge in [-0.1, -0.05) is 18.2 Å². The smallest absolute Gasteiger partial charge is 0.195 e. The van der Waals surface area contributed by atoms with Gasteiger partial charge in [0.25, 0.3) is 0 Å². The molecule has 6 nitrogen and oxygen atoms in total. The summed E-state index contributed by atoms with van der Waals surface area (Å²) in [7, 11) is 0. The minimum atomic E-state index is 0.557. The van der Waals surface area contributed by atoms with Crippen LogP contribution in [0.4, 0.5) is 0 Å². The molecule has 1 N–H and O–H groups in total. The first-order chi connectivity index (χ1) is 12.9. The van der Waals surface area contributed by atoms with Crippen molar-refractivity contribution in [1.29, 1.82) is 0 Å². The summed E-state index contributed by atoms with van der Waals surface area (Å²) in [6.45, 7) is 1.94. The van der Waals surface area contributed by atoms with Crippen molar-refractivity contribution in [2.24, 2.45) is 0 Å². The number of rotatable bonds is 7. The average molecular weight is 346 g/mol. The summed E-state index contributed by atoms with van der Waals surface area (Å²) < 4.78 is 11.1. The number of fused-ring (bicyclic) bond motifs is 1. The Morgan fingerprint density at radius 2 is 1.85 bits per heavy atom. The Labute approximate surface area is 150 Å². The Balaban J connectivity index is 1.26. The molecule has 0 aliphatic carbocycles. The van der Waals surface area contributed by atoms with Gasteiger partial charge in [0.2, 0.25) is 0 Å². The lowest BCUT2D eigenvalue weighted by atomic mass is 10.2. The quantitative estimate of drug-likeness (QED) is 0.517. The van der Waals surface area contributed by atoms with Crippen LogP contribution in [0.3, 0.4) is 0 Å². The molecule has 0 atom stereocenters. The molecule has 0 aliphatic rings. The fourth-order valence-corrected chi connectivity index (χ4v) is 2.64. The van der Waals surface area contributed by atoms with E-state index in [1.165, 1.54) is 0 Å². The van der Waals surface area contributed by atoms with Crippen molar-refractivity contribution >= 4 is 10.9 Å². The molecule has 26 heavy (non-hydrogen) atoms. The van der Waals surface area contributed by atoms with Crippen LogP contribution in [0.15, 0.2) is 71.7 Å². The molecular weight excluding hydrogens is 328 g/mol. The Bertz CT molecular complexity index is 963. The molecule has 0 saturated carbocycles. The molecule has 3 heterocycles. The van der Waals surface area contributed by atoms with E-state index in [4.69, 9.17) is 9.15 Å². The number of hydrogen-bond donors (Lipinski definition) is 1. The SMILES string of the molecule is c1coc(-c2ncc(CNCCOc3cccc4cccnc34)cn2)c1. The van der Waals surface area contributed by atoms with Gasteiger partial charge in [-0.15, -0.1) is 0 Å². The monoisotopic (exact) mass is 346 g/mol. The Kier molecular flexibility index (Phi) is 4.84. The van der Waals surface area contributed by atoms with Gasteiger partial charge in [0.05, 0.1) is 6.26 Å². The minimum absolute atomic E-state index is 0.557. The maximum absolute atomic E-state index is 5.86. The number of nitrogens with one attached hydrogen (secondary N) is 1. The van der Waals surface area contributed by atoms with Crippen LogP contribution in [0, 0.1) is 0 Å². The van der Waals surface area contributed by atoms with Crippen LogP contribution < -0.4 is 10.1 Å². The molecule has 0 saturated heterocycles. The summed E-state index contributed by atoms with van der Waals surface area (Å²) in [6.07, 6.45) is 6.99. The number of ether oxygens (including phenoxy) is 1. The predicted octanol–water partition coefficient (Wildman–Crippen LogP) is 3.45. The largest absolute Gasteiger partial charge is 0.490 e. The standard InChI is InChI=1S/C20H18N4O2/c1-4-16-5-2-8-22-19(16)17(6-1)26-11-9-21-12-15-13-23-20(24-14-15)18-7-3-10-25-18/h1-8,10,13-14,21H,9,11-12H2. The fraction of sp³-hybridized carbons (Fsp3) is 0.150. The molecule has 0 amide bonds. The fourth-order valence-electron chi connectivity index (χ4n) is 2.64. The number of hydrogen-bond acceptors (Lipinski definition) is 6. The second-order valence-electron chi connectivity index (χ2n) is 5.75. The summed E-state index contributed by atoms with van der Waals surface area (Å²) in [5.41, 5.74) is 1.89. The average Bonchev–Trinajstić information content (AvgIpc) is 3.23. The van der Waals surface area contributed by atoms with Crippen molar-refractivity contribution in [2.45, 2.75) is 6.54 Å². The van der Waals surface area contributed by atoms with Gasteiger partial charge in [-0.2, -0.15) is 0 Å². The zero-order valence-electron chi connectivity index (χ0n) is 14.1. The molecule has 0 radical (unpaired) electrons. The summed E-state index contributed by atoms with van der Waals surface area (Å²) in [4.78, 5) is 13.0. The first-order valence-corrected chi connectivity index (χ1v) is 8.42. The molecule has 4 rings (SSSR count). The topological polar surface area (TPSA) is 73.1 Å². The molecule has 1 aromatic carbocycles. The molecule has 130 valence electrons. The van der Waals surface area contributed by atoms with E-state index in [2.05, 4.69) is 20.3 Å². The highest BCUT2D eigenvalue weighted by molar-refractivity contribution is 5.84. The van der Waals surface area contributed by atoms with Crippen LogP contribution in [-0.4, -0.2) is 28.1 Å². The van der Waals surface area contributed by atoms with Crippen molar-refractivity contribution in [3.8, 4) is 17.3 Å². The van der Waals surface area contributed by atoms with Gasteiger partial charge in [-0.05, 0) is 24.3 Å². The van der Waals surface area contributed by atoms with E-state index >= 15 is 0 Å². The second kappa shape index (κ2) is 7.76. The molecule has 0 aliphatic heterocycles. The van der Waals surface area contributed by atoms with Crippen LogP contribution in [0.2, 0.25) is 0 Å². The van der Waals surface area contributed by atoms with E-state index in [-0.39, 0.29) is 0 Å². The summed E-state index contributed by atoms with van der Waals surface area (Å²) in [6, 6.07) is 13.6. The third-order valence-corrected chi connectivity index (χ3v) is 3.91. The van der Waals surface area contributed by atoms with Crippen molar-refractivity contribution in [3.63, 3.8) is 0 Å². The van der Waals surface area contributed by atoms with Gasteiger partial charge < -0.3 is 14.5 Å². The van der Waals surface area contributed by atoms with Crippen LogP contribution >= 0.6 is 0 Å². The first kappa shape index (κ1) is 16.2. The molecule has 0 unspecified atom stereocenters. The molecule has 6 heteroatoms. The third-order valence-electron chi connectivity index (χ3n) is 3.91. The van der Waals surface area contributed by atoms with Crippen LogP contribution in [-0.2, 0) is 6.54 Å². The number of nitrogens with zero attached hydrogens (tertiary/aromatic N) is 3. The lowest BCUT2D eigenvalue weighted by Gasteiger charge is -2.09. The maximum Gasteiger partial charge on any atom is 0.195 e. The molecule has 0 fully saturated rings. The summed E-state index contributed by atoms with van der Waals surface area (Å²) in [5.74, 6) is 2.06. The van der Waals surface area contributed by atoms with Gasteiger partial charge in [0.1, 0.15) is 17.9 Å². The molecular formula is C20H18N4O2. The first-order valence-electron chi connectivity index (χ1n) is 8.42. The van der Waals surface area contributed by atoms with Gasteiger partial charge in [-0.25, -0.2) is 9.97 Å². The number of benzene rings is 1. The van der Waals surface area contributed by atoms with Crippen molar-refractivity contribution in [3.05, 3.63) is 72.9 Å². The molecule has 4 aromatic rings. The van der Waals surface area contributed by atoms with E-state index in [0.29, 0.717) is 31.3 Å². The van der Waals surface area contributed by atoms with Crippen molar-refractivity contribution < 1.29 is 9.15 Å². The molecule has 0 spiro atoms. The van der Waals surface area contributed by atoms with Crippen LogP contribution in [0.1, 0.15) is 5.56 Å². The van der Waals surface area contributed by atoms with Gasteiger partial charge in [-0.3, -0.25) is 4.98 Å². The zero-order valence-corrected chi connectivity index (χ0v) is 14.1. The Hall–Kier alpha value is -3.25. The number of furan rings is 1. The van der Waals surface area contributed by atoms with Crippen LogP contribution in [0.5, 0.6) is 5.75 Å². The third kappa shape index (κ3) is 3.70. The van der Waals surface area contributed by atoms with E-state index < -0.39 is 0 Å². The Morgan fingerprint density at radius 3 is 2.69 bits per heavy atom. The highest BCUT2D eigenvalue weighted by atomic mass is 16.5. The lowest BCUT2D eigenvalue weighted by molar-refractivity contribution is 0.316. The maximum atomic E-state index is 5.86. The van der Waals surface area contributed by atoms with Gasteiger partial charge in [0.15, 0.2) is 11.6 Å². The number of para-hydroxylation sites is 1. The summed E-state index contributed by atoms with van der Waals surface area (Å²) >= 11 is 0. The molecule has 3 aromatic heterocycles. The van der Waals surface area contributed by atoms with E-state index in [0.717, 1.165) is 22.2 Å². The normalized spacial score (nSPS) is 10.9. The van der Waals surface area contributed by atoms with Crippen molar-refractivity contribution in [2.75, 3.05) is 13.2 Å². The van der Waals surface area contributed by atoms with Gasteiger partial charge in [0, 0.05) is 42.6 Å². The number of aromatic nitrogens is 3. The lowest BCUT2D eigenvalue weighted by Crippen LogP contribution is -2.20. The predicted molar refractivity (Wildman–Crippen MR) is 98.7 cm³/mol. The number of pyridine rings is 1. The van der Waals surface area contributed by atoms with E-state index in [9.17, 15) is 0 Å². The zero-order chi connectivity index (χ0) is 17.6. The van der Waals surface area contributed by atoms with Gasteiger partial charge >= 0.3 is 0 Å². The van der Waals surface area contributed by atoms with E-state index in [1.54, 1.807) is 24.9 Å². The highest BCUT2D eigenvalue weighted by Crippen LogP contribution is 2.22. The Morgan fingerprint density at radius 1 is 0.962 bits per heavy atom. The highest BCUT2D eigenvalue weighted by Gasteiger charge is 2.04. The molecule has 0 bridgehead atoms. The summed E-state index contributed by atoms with van der Waals surface area (Å²) in [5, 5.41) is 4.40.